The van der Waals surface area contributed by atoms with Crippen LogP contribution >= 0.6 is 0 Å². The van der Waals surface area contributed by atoms with Crippen molar-refractivity contribution in [2.24, 2.45) is 5.92 Å². The Labute approximate surface area is 157 Å². The van der Waals surface area contributed by atoms with Crippen molar-refractivity contribution < 1.29 is 14.3 Å². The molecular weight excluding hydrogens is 322 g/mol. The number of rotatable bonds is 8. The van der Waals surface area contributed by atoms with Crippen LogP contribution in [0, 0.1) is 5.92 Å². The van der Waals surface area contributed by atoms with Gasteiger partial charge < -0.3 is 14.3 Å². The maximum Gasteiger partial charge on any atom is 0.126 e. The van der Waals surface area contributed by atoms with Crippen molar-refractivity contribution in [3.63, 3.8) is 0 Å². The quantitative estimate of drug-likeness (QED) is 0.733. The molecule has 1 heterocycles. The molecule has 0 bridgehead atoms. The summed E-state index contributed by atoms with van der Waals surface area (Å²) < 4.78 is 6.67. The number of aliphatic hydroxyl groups is 1. The molecule has 1 N–H and O–H groups in total. The van der Waals surface area contributed by atoms with E-state index in [1.807, 2.05) is 18.2 Å². The predicted molar refractivity (Wildman–Crippen MR) is 106 cm³/mol. The summed E-state index contributed by atoms with van der Waals surface area (Å²) in [6, 6.07) is 20.9. The minimum atomic E-state index is -0.394. The van der Waals surface area contributed by atoms with Crippen LogP contribution in [0.25, 0.3) is 0 Å². The van der Waals surface area contributed by atoms with Crippen molar-refractivity contribution in [1.82, 2.24) is 0 Å². The zero-order chi connectivity index (χ0) is 18.2. The van der Waals surface area contributed by atoms with Crippen LogP contribution in [-0.4, -0.2) is 49.0 Å². The molecule has 140 valence electrons. The number of nitrogens with zero attached hydrogens (tertiary/aromatic N) is 1. The number of likely N-dealkylation sites (N-methyl/N-ethyl adjacent to an activating group) is 1. The highest BCUT2D eigenvalue weighted by Gasteiger charge is 2.32. The second-order valence-electron chi connectivity index (χ2n) is 8.04. The molecule has 2 aromatic carbocycles. The summed E-state index contributed by atoms with van der Waals surface area (Å²) in [4.78, 5) is 0. The van der Waals surface area contributed by atoms with Crippen molar-refractivity contribution in [3.05, 3.63) is 71.8 Å². The van der Waals surface area contributed by atoms with Gasteiger partial charge in [-0.25, -0.2) is 0 Å². The van der Waals surface area contributed by atoms with Crippen LogP contribution in [0.5, 0.6) is 0 Å². The van der Waals surface area contributed by atoms with Crippen molar-refractivity contribution >= 4 is 0 Å². The molecule has 1 atom stereocenters. The first kappa shape index (κ1) is 19.1. The molecule has 1 saturated heterocycles. The molecule has 1 fully saturated rings. The van der Waals surface area contributed by atoms with Crippen molar-refractivity contribution in [3.8, 4) is 0 Å². The summed E-state index contributed by atoms with van der Waals surface area (Å²) in [5.74, 6) is 0.773. The van der Waals surface area contributed by atoms with Crippen LogP contribution in [0.1, 0.15) is 24.0 Å². The van der Waals surface area contributed by atoms with Gasteiger partial charge in [0.1, 0.15) is 12.6 Å². The van der Waals surface area contributed by atoms with E-state index < -0.39 is 6.10 Å². The maximum absolute atomic E-state index is 10.4. The number of hydrogen-bond donors (Lipinski definition) is 1. The van der Waals surface area contributed by atoms with Gasteiger partial charge in [-0.3, -0.25) is 0 Å². The lowest BCUT2D eigenvalue weighted by molar-refractivity contribution is -0.918. The van der Waals surface area contributed by atoms with Crippen LogP contribution in [0.15, 0.2) is 60.7 Å². The number of ether oxygens (including phenoxy) is 1. The molecule has 0 amide bonds. The molecule has 1 unspecified atom stereocenters. The number of likely N-dealkylation sites (tertiary alicyclic amines) is 1. The Bertz CT molecular complexity index is 636. The van der Waals surface area contributed by atoms with Crippen LogP contribution < -0.4 is 0 Å². The molecule has 26 heavy (non-hydrogen) atoms. The van der Waals surface area contributed by atoms with Gasteiger partial charge in [-0.1, -0.05) is 60.7 Å². The average Bonchev–Trinajstić information content (AvgIpc) is 2.65. The van der Waals surface area contributed by atoms with Gasteiger partial charge >= 0.3 is 0 Å². The van der Waals surface area contributed by atoms with E-state index in [0.29, 0.717) is 13.2 Å². The summed E-state index contributed by atoms with van der Waals surface area (Å²) in [7, 11) is 2.28. The monoisotopic (exact) mass is 354 g/mol. The molecule has 1 aliphatic heterocycles. The molecule has 1 aliphatic rings. The normalized spacial score (nSPS) is 24.3. The van der Waals surface area contributed by atoms with Crippen LogP contribution in [-0.2, 0) is 17.8 Å². The fourth-order valence-corrected chi connectivity index (χ4v) is 4.03. The first-order chi connectivity index (χ1) is 12.6. The Kier molecular flexibility index (Phi) is 6.84. The van der Waals surface area contributed by atoms with Crippen LogP contribution in [0.3, 0.4) is 0 Å². The number of aliphatic hydroxyl groups excluding tert-OH is 1. The Balaban J connectivity index is 1.38. The lowest BCUT2D eigenvalue weighted by atomic mass is 9.89. The van der Waals surface area contributed by atoms with Crippen LogP contribution in [0.4, 0.5) is 0 Å². The zero-order valence-corrected chi connectivity index (χ0v) is 15.9. The van der Waals surface area contributed by atoms with Gasteiger partial charge in [0.05, 0.1) is 33.4 Å². The highest BCUT2D eigenvalue weighted by atomic mass is 16.5. The average molecular weight is 355 g/mol. The fraction of sp³-hybridized carbons (Fsp3) is 0.478. The minimum absolute atomic E-state index is 0.394. The van der Waals surface area contributed by atoms with E-state index in [0.717, 1.165) is 35.6 Å². The van der Waals surface area contributed by atoms with Gasteiger partial charge in [-0.15, -0.1) is 0 Å². The van der Waals surface area contributed by atoms with E-state index in [1.54, 1.807) is 0 Å². The topological polar surface area (TPSA) is 29.5 Å². The molecule has 3 heteroatoms. The summed E-state index contributed by atoms with van der Waals surface area (Å²) in [6.07, 6.45) is 3.27. The largest absolute Gasteiger partial charge is 0.385 e. The Hall–Kier alpha value is -1.68. The Morgan fingerprint density at radius 1 is 0.962 bits per heavy atom. The zero-order valence-electron chi connectivity index (χ0n) is 15.9. The number of hydrogen-bond acceptors (Lipinski definition) is 2. The molecule has 0 radical (unpaired) electrons. The Morgan fingerprint density at radius 2 is 1.54 bits per heavy atom. The van der Waals surface area contributed by atoms with Gasteiger partial charge in [0.15, 0.2) is 0 Å². The van der Waals surface area contributed by atoms with E-state index in [-0.39, 0.29) is 0 Å². The molecule has 0 aliphatic carbocycles. The maximum atomic E-state index is 10.4. The van der Waals surface area contributed by atoms with Gasteiger partial charge in [0.25, 0.3) is 0 Å². The third-order valence-electron chi connectivity index (χ3n) is 5.59. The smallest absolute Gasteiger partial charge is 0.126 e. The first-order valence-electron chi connectivity index (χ1n) is 9.80. The van der Waals surface area contributed by atoms with Crippen molar-refractivity contribution in [2.45, 2.75) is 32.0 Å². The van der Waals surface area contributed by atoms with Crippen molar-refractivity contribution in [1.29, 1.82) is 0 Å². The fourth-order valence-electron chi connectivity index (χ4n) is 4.03. The van der Waals surface area contributed by atoms with E-state index in [4.69, 9.17) is 4.74 Å². The predicted octanol–water partition coefficient (Wildman–Crippen LogP) is 3.66. The number of piperidine rings is 1. The second kappa shape index (κ2) is 9.31. The third-order valence-corrected chi connectivity index (χ3v) is 5.59. The van der Waals surface area contributed by atoms with Crippen molar-refractivity contribution in [2.75, 3.05) is 33.3 Å². The molecule has 3 nitrogen and oxygen atoms in total. The van der Waals surface area contributed by atoms with Gasteiger partial charge in [0, 0.05) is 0 Å². The summed E-state index contributed by atoms with van der Waals surface area (Å²) in [5.41, 5.74) is 2.60. The molecule has 3 rings (SSSR count). The summed E-state index contributed by atoms with van der Waals surface area (Å²) in [5, 5.41) is 10.4. The van der Waals surface area contributed by atoms with Gasteiger partial charge in [0.2, 0.25) is 0 Å². The first-order valence-corrected chi connectivity index (χ1v) is 9.80. The minimum Gasteiger partial charge on any atom is -0.385 e. The molecule has 2 aromatic rings. The van der Waals surface area contributed by atoms with E-state index in [9.17, 15) is 5.11 Å². The van der Waals surface area contributed by atoms with E-state index in [2.05, 4.69) is 49.5 Å². The summed E-state index contributed by atoms with van der Waals surface area (Å²) in [6.45, 7) is 4.06. The Morgan fingerprint density at radius 3 is 2.15 bits per heavy atom. The molecule has 0 spiro atoms. The van der Waals surface area contributed by atoms with Crippen LogP contribution in [0.2, 0.25) is 0 Å². The van der Waals surface area contributed by atoms with E-state index in [1.165, 1.54) is 24.8 Å². The molecule has 0 saturated carbocycles. The number of quaternary nitrogens is 1. The number of benzene rings is 2. The molecule has 0 aromatic heterocycles. The highest BCUT2D eigenvalue weighted by molar-refractivity contribution is 5.15. The lowest BCUT2D eigenvalue weighted by Gasteiger charge is -2.41. The van der Waals surface area contributed by atoms with Gasteiger partial charge in [-0.05, 0) is 36.3 Å². The SMILES string of the molecule is C[N+]1(CC(O)COCc2ccccc2)CCC(Cc2ccccc2)CC1. The van der Waals surface area contributed by atoms with E-state index >= 15 is 0 Å². The second-order valence-corrected chi connectivity index (χ2v) is 8.04. The molecular formula is C23H32NO2+. The third kappa shape index (κ3) is 5.94. The standard InChI is InChI=1S/C23H32NO2/c1-24(17-23(25)19-26-18-22-10-6-3-7-11-22)14-12-21(13-15-24)16-20-8-4-2-5-9-20/h2-11,21,23,25H,12-19H2,1H3/q+1. The lowest BCUT2D eigenvalue weighted by Crippen LogP contribution is -2.54. The highest BCUT2D eigenvalue weighted by Crippen LogP contribution is 2.25. The summed E-state index contributed by atoms with van der Waals surface area (Å²) >= 11 is 0. The van der Waals surface area contributed by atoms with Gasteiger partial charge in [-0.2, -0.15) is 0 Å².